The van der Waals surface area contributed by atoms with Crippen molar-refractivity contribution in [3.63, 3.8) is 0 Å². The van der Waals surface area contributed by atoms with Gasteiger partial charge in [0.25, 0.3) is 0 Å². The summed E-state index contributed by atoms with van der Waals surface area (Å²) in [5, 5.41) is 8.72. The molecule has 1 aromatic rings. The van der Waals surface area contributed by atoms with Crippen LogP contribution in [0.3, 0.4) is 0 Å². The van der Waals surface area contributed by atoms with Crippen LogP contribution in [0.15, 0.2) is 10.5 Å². The molecule has 0 radical (unpaired) electrons. The van der Waals surface area contributed by atoms with Crippen LogP contribution in [0.2, 0.25) is 0 Å². The fourth-order valence-corrected chi connectivity index (χ4v) is 2.39. The fourth-order valence-electron chi connectivity index (χ4n) is 1.99. The molecule has 1 N–H and O–H groups in total. The molecule has 0 amide bonds. The number of rotatable bonds is 3. The van der Waals surface area contributed by atoms with E-state index >= 15 is 0 Å². The number of carboxylic acids is 1. The second-order valence-electron chi connectivity index (χ2n) is 4.19. The lowest BCUT2D eigenvalue weighted by molar-refractivity contribution is -0.137. The molecule has 0 atom stereocenters. The van der Waals surface area contributed by atoms with Crippen LogP contribution in [0.4, 0.5) is 13.2 Å². The van der Waals surface area contributed by atoms with E-state index in [1.165, 1.54) is 0 Å². The molecule has 1 aliphatic rings. The maximum absolute atomic E-state index is 13.8. The van der Waals surface area contributed by atoms with Crippen LogP contribution in [0, 0.1) is 17.5 Å². The van der Waals surface area contributed by atoms with E-state index in [1.54, 1.807) is 0 Å². The Kier molecular flexibility index (Phi) is 2.93. The SMILES string of the molecule is O=C(O)CC1(c2c(F)c(F)cc(Br)c2F)CC1. The first-order valence-electron chi connectivity index (χ1n) is 4.93. The van der Waals surface area contributed by atoms with Gasteiger partial charge in [0.05, 0.1) is 10.9 Å². The standard InChI is InChI=1S/C11H8BrF3O2/c12-5-3-6(13)10(15)8(9(5)14)11(1-2-11)4-7(16)17/h3H,1-2,4H2,(H,16,17). The van der Waals surface area contributed by atoms with Gasteiger partial charge in [0.15, 0.2) is 11.6 Å². The van der Waals surface area contributed by atoms with E-state index < -0.39 is 40.8 Å². The third-order valence-corrected chi connectivity index (χ3v) is 3.56. The molecule has 92 valence electrons. The van der Waals surface area contributed by atoms with E-state index in [9.17, 15) is 18.0 Å². The van der Waals surface area contributed by atoms with Crippen molar-refractivity contribution in [3.8, 4) is 0 Å². The van der Waals surface area contributed by atoms with Gasteiger partial charge in [-0.2, -0.15) is 0 Å². The first kappa shape index (κ1) is 12.4. The zero-order valence-corrected chi connectivity index (χ0v) is 10.2. The third kappa shape index (κ3) is 2.06. The highest BCUT2D eigenvalue weighted by Gasteiger charge is 2.50. The Morgan fingerprint density at radius 3 is 2.41 bits per heavy atom. The minimum Gasteiger partial charge on any atom is -0.481 e. The number of carbonyl (C=O) groups is 1. The van der Waals surface area contributed by atoms with Gasteiger partial charge >= 0.3 is 5.97 Å². The van der Waals surface area contributed by atoms with Gasteiger partial charge < -0.3 is 5.11 Å². The van der Waals surface area contributed by atoms with Gasteiger partial charge in [0, 0.05) is 11.0 Å². The highest BCUT2D eigenvalue weighted by atomic mass is 79.9. The molecule has 0 bridgehead atoms. The molecule has 1 saturated carbocycles. The van der Waals surface area contributed by atoms with Crippen LogP contribution < -0.4 is 0 Å². The second-order valence-corrected chi connectivity index (χ2v) is 5.05. The minimum absolute atomic E-state index is 0.192. The van der Waals surface area contributed by atoms with Crippen molar-refractivity contribution in [3.05, 3.63) is 33.6 Å². The van der Waals surface area contributed by atoms with E-state index in [1.807, 2.05) is 0 Å². The molecule has 0 aromatic heterocycles. The second kappa shape index (κ2) is 4.01. The van der Waals surface area contributed by atoms with Gasteiger partial charge in [-0.1, -0.05) is 0 Å². The van der Waals surface area contributed by atoms with Crippen molar-refractivity contribution in [2.45, 2.75) is 24.7 Å². The largest absolute Gasteiger partial charge is 0.481 e. The lowest BCUT2D eigenvalue weighted by Crippen LogP contribution is -2.18. The summed E-state index contributed by atoms with van der Waals surface area (Å²) in [6, 6.07) is 0.699. The number of hydrogen-bond acceptors (Lipinski definition) is 1. The van der Waals surface area contributed by atoms with E-state index in [-0.39, 0.29) is 4.47 Å². The van der Waals surface area contributed by atoms with Crippen LogP contribution in [0.25, 0.3) is 0 Å². The van der Waals surface area contributed by atoms with Gasteiger partial charge in [-0.15, -0.1) is 0 Å². The fraction of sp³-hybridized carbons (Fsp3) is 0.364. The monoisotopic (exact) mass is 308 g/mol. The number of aliphatic carboxylic acids is 1. The minimum atomic E-state index is -1.29. The zero-order chi connectivity index (χ0) is 12.8. The van der Waals surface area contributed by atoms with Crippen LogP contribution in [-0.4, -0.2) is 11.1 Å². The Bertz CT molecular complexity index is 472. The molecule has 1 fully saturated rings. The van der Waals surface area contributed by atoms with E-state index in [4.69, 9.17) is 5.11 Å². The van der Waals surface area contributed by atoms with E-state index in [0.29, 0.717) is 18.9 Å². The molecule has 2 rings (SSSR count). The molecule has 2 nitrogen and oxygen atoms in total. The molecule has 0 aliphatic heterocycles. The van der Waals surface area contributed by atoms with Gasteiger partial charge in [-0.3, -0.25) is 4.79 Å². The van der Waals surface area contributed by atoms with Crippen molar-refractivity contribution in [2.24, 2.45) is 0 Å². The van der Waals surface area contributed by atoms with Crippen molar-refractivity contribution in [1.82, 2.24) is 0 Å². The molecule has 0 unspecified atom stereocenters. The summed E-state index contributed by atoms with van der Waals surface area (Å²) in [6.45, 7) is 0. The highest BCUT2D eigenvalue weighted by molar-refractivity contribution is 9.10. The topological polar surface area (TPSA) is 37.3 Å². The summed E-state index contributed by atoms with van der Waals surface area (Å²) in [5.74, 6) is -4.53. The smallest absolute Gasteiger partial charge is 0.304 e. The highest BCUT2D eigenvalue weighted by Crippen LogP contribution is 2.53. The quantitative estimate of drug-likeness (QED) is 0.869. The molecule has 0 spiro atoms. The number of carboxylic acid groups (broad SMARTS) is 1. The molecular formula is C11H8BrF3O2. The lowest BCUT2D eigenvalue weighted by Gasteiger charge is -2.16. The van der Waals surface area contributed by atoms with Gasteiger partial charge in [-0.25, -0.2) is 13.2 Å². The van der Waals surface area contributed by atoms with Crippen molar-refractivity contribution >= 4 is 21.9 Å². The maximum Gasteiger partial charge on any atom is 0.304 e. The Morgan fingerprint density at radius 1 is 1.35 bits per heavy atom. The maximum atomic E-state index is 13.8. The molecule has 0 heterocycles. The van der Waals surface area contributed by atoms with Gasteiger partial charge in [-0.05, 0) is 34.8 Å². The van der Waals surface area contributed by atoms with Crippen LogP contribution in [0.5, 0.6) is 0 Å². The first-order chi connectivity index (χ1) is 7.87. The summed E-state index contributed by atoms with van der Waals surface area (Å²) in [4.78, 5) is 10.7. The predicted octanol–water partition coefficient (Wildman–Crippen LogP) is 3.37. The van der Waals surface area contributed by atoms with E-state index in [2.05, 4.69) is 15.9 Å². The van der Waals surface area contributed by atoms with E-state index in [0.717, 1.165) is 0 Å². The van der Waals surface area contributed by atoms with Crippen molar-refractivity contribution in [1.29, 1.82) is 0 Å². The number of halogens is 4. The first-order valence-corrected chi connectivity index (χ1v) is 5.72. The van der Waals surface area contributed by atoms with Crippen molar-refractivity contribution in [2.75, 3.05) is 0 Å². The molecule has 1 aliphatic carbocycles. The molecule has 0 saturated heterocycles. The van der Waals surface area contributed by atoms with Crippen LogP contribution >= 0.6 is 15.9 Å². The Hall–Kier alpha value is -1.04. The average molecular weight is 309 g/mol. The Labute approximate surface area is 104 Å². The Balaban J connectivity index is 2.55. The lowest BCUT2D eigenvalue weighted by atomic mass is 9.91. The normalized spacial score (nSPS) is 16.9. The van der Waals surface area contributed by atoms with Crippen molar-refractivity contribution < 1.29 is 23.1 Å². The number of benzene rings is 1. The number of hydrogen-bond donors (Lipinski definition) is 1. The van der Waals surface area contributed by atoms with Crippen LogP contribution in [0.1, 0.15) is 24.8 Å². The Morgan fingerprint density at radius 2 is 1.94 bits per heavy atom. The van der Waals surface area contributed by atoms with Gasteiger partial charge in [0.2, 0.25) is 0 Å². The van der Waals surface area contributed by atoms with Gasteiger partial charge in [0.1, 0.15) is 5.82 Å². The summed E-state index contributed by atoms with van der Waals surface area (Å²) in [5.41, 5.74) is -1.54. The average Bonchev–Trinajstić information content (AvgIpc) is 2.95. The molecule has 17 heavy (non-hydrogen) atoms. The van der Waals surface area contributed by atoms with Crippen LogP contribution in [-0.2, 0) is 10.2 Å². The summed E-state index contributed by atoms with van der Waals surface area (Å²) < 4.78 is 40.4. The molecular weight excluding hydrogens is 301 g/mol. The predicted molar refractivity (Wildman–Crippen MR) is 57.2 cm³/mol. The third-order valence-electron chi connectivity index (χ3n) is 2.99. The molecule has 1 aromatic carbocycles. The summed E-state index contributed by atoms with van der Waals surface area (Å²) in [6.07, 6.45) is 0.308. The molecule has 6 heteroatoms. The summed E-state index contributed by atoms with van der Waals surface area (Å²) >= 11 is 2.79. The summed E-state index contributed by atoms with van der Waals surface area (Å²) in [7, 11) is 0. The zero-order valence-electron chi connectivity index (χ0n) is 8.57.